The number of rotatable bonds is 4. The first-order valence-electron chi connectivity index (χ1n) is 5.97. The topological polar surface area (TPSA) is 21.6 Å². The zero-order chi connectivity index (χ0) is 11.4. The van der Waals surface area contributed by atoms with Gasteiger partial charge in [-0.1, -0.05) is 44.2 Å². The van der Waals surface area contributed by atoms with Crippen molar-refractivity contribution in [3.8, 4) is 0 Å². The molecule has 16 heavy (non-hydrogen) atoms. The summed E-state index contributed by atoms with van der Waals surface area (Å²) in [5, 5.41) is 0. The van der Waals surface area contributed by atoms with E-state index in [-0.39, 0.29) is 0 Å². The zero-order valence-corrected chi connectivity index (χ0v) is 10.0. The molecule has 1 atom stereocenters. The first kappa shape index (κ1) is 11.2. The molecule has 1 aromatic rings. The van der Waals surface area contributed by atoms with Crippen LogP contribution >= 0.6 is 0 Å². The van der Waals surface area contributed by atoms with E-state index in [0.717, 1.165) is 25.3 Å². The molecule has 0 N–H and O–H groups in total. The average molecular weight is 217 g/mol. The molecule has 0 radical (unpaired) electrons. The van der Waals surface area contributed by atoms with Crippen LogP contribution in [0.3, 0.4) is 0 Å². The fourth-order valence-corrected chi connectivity index (χ4v) is 1.92. The Hall–Kier alpha value is -1.31. The van der Waals surface area contributed by atoms with Gasteiger partial charge in [-0.25, -0.2) is 4.99 Å². The molecule has 0 bridgehead atoms. The number of hydrogen-bond acceptors (Lipinski definition) is 2. The highest BCUT2D eigenvalue weighted by molar-refractivity contribution is 5.77. The van der Waals surface area contributed by atoms with Gasteiger partial charge < -0.3 is 4.74 Å². The van der Waals surface area contributed by atoms with E-state index in [1.807, 2.05) is 6.07 Å². The third-order valence-corrected chi connectivity index (χ3v) is 2.67. The van der Waals surface area contributed by atoms with Crippen LogP contribution in [0.5, 0.6) is 0 Å². The number of ether oxygens (including phenoxy) is 1. The second-order valence-corrected chi connectivity index (χ2v) is 4.78. The molecule has 0 spiro atoms. The molecule has 0 saturated heterocycles. The quantitative estimate of drug-likeness (QED) is 0.759. The molecule has 0 amide bonds. The third-order valence-electron chi connectivity index (χ3n) is 2.67. The van der Waals surface area contributed by atoms with Gasteiger partial charge in [0, 0.05) is 6.42 Å². The van der Waals surface area contributed by atoms with Crippen LogP contribution in [0.15, 0.2) is 35.3 Å². The molecule has 1 aliphatic heterocycles. The van der Waals surface area contributed by atoms with Crippen molar-refractivity contribution in [1.82, 2.24) is 0 Å². The van der Waals surface area contributed by atoms with Gasteiger partial charge in [-0.05, 0) is 17.9 Å². The first-order chi connectivity index (χ1) is 7.74. The van der Waals surface area contributed by atoms with E-state index in [4.69, 9.17) is 4.74 Å². The number of hydrogen-bond donors (Lipinski definition) is 0. The van der Waals surface area contributed by atoms with E-state index in [9.17, 15) is 0 Å². The van der Waals surface area contributed by atoms with Gasteiger partial charge in [-0.2, -0.15) is 0 Å². The molecular weight excluding hydrogens is 198 g/mol. The smallest absolute Gasteiger partial charge is 0.183 e. The lowest BCUT2D eigenvalue weighted by Gasteiger charge is -2.04. The average Bonchev–Trinajstić information content (AvgIpc) is 2.66. The zero-order valence-electron chi connectivity index (χ0n) is 10.0. The monoisotopic (exact) mass is 217 g/mol. The minimum atomic E-state index is 0.316. The van der Waals surface area contributed by atoms with Crippen LogP contribution in [-0.2, 0) is 11.2 Å². The lowest BCUT2D eigenvalue weighted by atomic mass is 10.1. The van der Waals surface area contributed by atoms with Gasteiger partial charge in [0.05, 0.1) is 6.04 Å². The van der Waals surface area contributed by atoms with E-state index in [2.05, 4.69) is 43.1 Å². The van der Waals surface area contributed by atoms with Crippen molar-refractivity contribution in [2.45, 2.75) is 32.7 Å². The van der Waals surface area contributed by atoms with Gasteiger partial charge in [0.2, 0.25) is 0 Å². The second kappa shape index (κ2) is 5.15. The van der Waals surface area contributed by atoms with E-state index in [1.165, 1.54) is 5.56 Å². The Labute approximate surface area is 97.4 Å². The SMILES string of the molecule is CC(C)CC1=N[C@@H](Cc2ccccc2)CO1. The highest BCUT2D eigenvalue weighted by Crippen LogP contribution is 2.15. The van der Waals surface area contributed by atoms with Gasteiger partial charge >= 0.3 is 0 Å². The maximum atomic E-state index is 5.60. The van der Waals surface area contributed by atoms with Gasteiger partial charge in [0.1, 0.15) is 6.61 Å². The van der Waals surface area contributed by atoms with Crippen LogP contribution in [0.4, 0.5) is 0 Å². The van der Waals surface area contributed by atoms with Crippen molar-refractivity contribution >= 4 is 5.90 Å². The summed E-state index contributed by atoms with van der Waals surface area (Å²) in [7, 11) is 0. The lowest BCUT2D eigenvalue weighted by Crippen LogP contribution is -2.09. The van der Waals surface area contributed by atoms with Crippen molar-refractivity contribution in [2.75, 3.05) is 6.61 Å². The molecule has 2 heteroatoms. The summed E-state index contributed by atoms with van der Waals surface area (Å²) < 4.78 is 5.60. The lowest BCUT2D eigenvalue weighted by molar-refractivity contribution is 0.305. The predicted octanol–water partition coefficient (Wildman–Crippen LogP) is 3.07. The molecule has 0 saturated carbocycles. The van der Waals surface area contributed by atoms with Gasteiger partial charge in [-0.15, -0.1) is 0 Å². The molecule has 0 fully saturated rings. The Morgan fingerprint density at radius 2 is 2.06 bits per heavy atom. The maximum Gasteiger partial charge on any atom is 0.183 e. The Kier molecular flexibility index (Phi) is 3.60. The molecular formula is C14H19NO. The Morgan fingerprint density at radius 1 is 1.31 bits per heavy atom. The van der Waals surface area contributed by atoms with Gasteiger partial charge in [0.25, 0.3) is 0 Å². The molecule has 0 aliphatic carbocycles. The van der Waals surface area contributed by atoms with E-state index >= 15 is 0 Å². The van der Waals surface area contributed by atoms with Crippen molar-refractivity contribution in [2.24, 2.45) is 10.9 Å². The van der Waals surface area contributed by atoms with Crippen molar-refractivity contribution in [1.29, 1.82) is 0 Å². The van der Waals surface area contributed by atoms with Gasteiger partial charge in [0.15, 0.2) is 5.90 Å². The molecule has 1 aliphatic rings. The maximum absolute atomic E-state index is 5.60. The Bertz CT molecular complexity index is 356. The number of nitrogens with zero attached hydrogens (tertiary/aromatic N) is 1. The second-order valence-electron chi connectivity index (χ2n) is 4.78. The molecule has 2 nitrogen and oxygen atoms in total. The summed E-state index contributed by atoms with van der Waals surface area (Å²) in [6.07, 6.45) is 1.95. The molecule has 86 valence electrons. The van der Waals surface area contributed by atoms with Crippen molar-refractivity contribution in [3.63, 3.8) is 0 Å². The molecule has 0 unspecified atom stereocenters. The van der Waals surface area contributed by atoms with E-state index in [1.54, 1.807) is 0 Å². The van der Waals surface area contributed by atoms with Crippen LogP contribution in [0.2, 0.25) is 0 Å². The molecule has 0 aromatic heterocycles. The van der Waals surface area contributed by atoms with Crippen molar-refractivity contribution in [3.05, 3.63) is 35.9 Å². The largest absolute Gasteiger partial charge is 0.479 e. The number of aliphatic imine (C=N–C) groups is 1. The summed E-state index contributed by atoms with van der Waals surface area (Å²) in [4.78, 5) is 4.62. The van der Waals surface area contributed by atoms with Crippen LogP contribution in [-0.4, -0.2) is 18.5 Å². The van der Waals surface area contributed by atoms with Crippen LogP contribution < -0.4 is 0 Å². The normalized spacial score (nSPS) is 19.7. The van der Waals surface area contributed by atoms with Crippen LogP contribution in [0, 0.1) is 5.92 Å². The van der Waals surface area contributed by atoms with E-state index < -0.39 is 0 Å². The Balaban J connectivity index is 1.91. The summed E-state index contributed by atoms with van der Waals surface area (Å²) in [6, 6.07) is 10.8. The highest BCUT2D eigenvalue weighted by Gasteiger charge is 2.19. The first-order valence-corrected chi connectivity index (χ1v) is 5.97. The summed E-state index contributed by atoms with van der Waals surface area (Å²) >= 11 is 0. The molecule has 1 heterocycles. The molecule has 2 rings (SSSR count). The standard InChI is InChI=1S/C14H19NO/c1-11(2)8-14-15-13(10-16-14)9-12-6-4-3-5-7-12/h3-7,11,13H,8-10H2,1-2H3/t13-/m0/s1. The van der Waals surface area contributed by atoms with Crippen molar-refractivity contribution < 1.29 is 4.74 Å². The highest BCUT2D eigenvalue weighted by atomic mass is 16.5. The predicted molar refractivity (Wildman–Crippen MR) is 66.8 cm³/mol. The summed E-state index contributed by atoms with van der Waals surface area (Å²) in [6.45, 7) is 5.13. The van der Waals surface area contributed by atoms with Crippen LogP contribution in [0.25, 0.3) is 0 Å². The minimum absolute atomic E-state index is 0.316. The van der Waals surface area contributed by atoms with Crippen LogP contribution in [0.1, 0.15) is 25.8 Å². The number of benzene rings is 1. The summed E-state index contributed by atoms with van der Waals surface area (Å²) in [5.41, 5.74) is 1.34. The van der Waals surface area contributed by atoms with E-state index in [0.29, 0.717) is 12.0 Å². The van der Waals surface area contributed by atoms with Gasteiger partial charge in [-0.3, -0.25) is 0 Å². The fraction of sp³-hybridized carbons (Fsp3) is 0.500. The summed E-state index contributed by atoms with van der Waals surface area (Å²) in [5.74, 6) is 1.56. The minimum Gasteiger partial charge on any atom is -0.479 e. The molecule has 1 aromatic carbocycles. The third kappa shape index (κ3) is 3.09. The fourth-order valence-electron chi connectivity index (χ4n) is 1.92. The Morgan fingerprint density at radius 3 is 2.75 bits per heavy atom.